The van der Waals surface area contributed by atoms with Crippen LogP contribution in [0.4, 0.5) is 0 Å². The van der Waals surface area contributed by atoms with Gasteiger partial charge in [-0.2, -0.15) is 5.10 Å². The predicted octanol–water partition coefficient (Wildman–Crippen LogP) is 1.59. The van der Waals surface area contributed by atoms with Crippen LogP contribution in [-0.4, -0.2) is 14.3 Å². The molecule has 0 aliphatic heterocycles. The minimum atomic E-state index is -0.0441. The van der Waals surface area contributed by atoms with Crippen molar-refractivity contribution in [2.75, 3.05) is 0 Å². The Bertz CT molecular complexity index is 571. The molecule has 84 valence electrons. The lowest BCUT2D eigenvalue weighted by atomic mass is 10.3. The monoisotopic (exact) mass is 237 g/mol. The zero-order valence-electron chi connectivity index (χ0n) is 9.14. The fourth-order valence-electron chi connectivity index (χ4n) is 1.60. The molecular formula is C11H12ClN3O. The molecule has 0 fully saturated rings. The molecule has 0 aromatic carbocycles. The van der Waals surface area contributed by atoms with Gasteiger partial charge in [0.15, 0.2) is 0 Å². The lowest BCUT2D eigenvalue weighted by Gasteiger charge is -2.05. The maximum Gasteiger partial charge on any atom is 0.250 e. The first kappa shape index (κ1) is 11.0. The molecule has 5 heteroatoms. The molecule has 0 radical (unpaired) electrons. The SMILES string of the molecule is Cc1nn(C)c(Cn2ccccc2=O)c1Cl. The quantitative estimate of drug-likeness (QED) is 0.796. The van der Waals surface area contributed by atoms with Crippen LogP contribution in [0.2, 0.25) is 5.02 Å². The summed E-state index contributed by atoms with van der Waals surface area (Å²) in [4.78, 5) is 11.5. The Morgan fingerprint density at radius 3 is 2.75 bits per heavy atom. The van der Waals surface area contributed by atoms with Crippen molar-refractivity contribution in [3.63, 3.8) is 0 Å². The maximum absolute atomic E-state index is 11.5. The first-order chi connectivity index (χ1) is 7.59. The summed E-state index contributed by atoms with van der Waals surface area (Å²) in [5.74, 6) is 0. The number of aromatic nitrogens is 3. The van der Waals surface area contributed by atoms with E-state index in [0.29, 0.717) is 11.6 Å². The molecule has 2 aromatic rings. The molecule has 2 rings (SSSR count). The lowest BCUT2D eigenvalue weighted by Crippen LogP contribution is -2.19. The van der Waals surface area contributed by atoms with E-state index in [2.05, 4.69) is 5.10 Å². The largest absolute Gasteiger partial charge is 0.309 e. The van der Waals surface area contributed by atoms with Gasteiger partial charge in [0.2, 0.25) is 0 Å². The van der Waals surface area contributed by atoms with Crippen molar-refractivity contribution in [3.8, 4) is 0 Å². The van der Waals surface area contributed by atoms with E-state index in [1.807, 2.05) is 20.0 Å². The second-order valence-corrected chi connectivity index (χ2v) is 4.01. The van der Waals surface area contributed by atoms with Gasteiger partial charge in [0.05, 0.1) is 23.0 Å². The molecule has 2 aromatic heterocycles. The fraction of sp³-hybridized carbons (Fsp3) is 0.273. The molecule has 0 aliphatic carbocycles. The van der Waals surface area contributed by atoms with Crippen molar-refractivity contribution in [1.82, 2.24) is 14.3 Å². The third kappa shape index (κ3) is 1.88. The van der Waals surface area contributed by atoms with Gasteiger partial charge < -0.3 is 4.57 Å². The molecule has 0 N–H and O–H groups in total. The Hall–Kier alpha value is -1.55. The van der Waals surface area contributed by atoms with Gasteiger partial charge in [-0.25, -0.2) is 0 Å². The van der Waals surface area contributed by atoms with E-state index in [4.69, 9.17) is 11.6 Å². The molecule has 0 saturated heterocycles. The average Bonchev–Trinajstić information content (AvgIpc) is 2.48. The van der Waals surface area contributed by atoms with E-state index >= 15 is 0 Å². The second kappa shape index (κ2) is 4.14. The second-order valence-electron chi connectivity index (χ2n) is 3.64. The molecule has 4 nitrogen and oxygen atoms in total. The van der Waals surface area contributed by atoms with Gasteiger partial charge >= 0.3 is 0 Å². The normalized spacial score (nSPS) is 10.7. The minimum absolute atomic E-state index is 0.0441. The summed E-state index contributed by atoms with van der Waals surface area (Å²) in [5.41, 5.74) is 1.58. The van der Waals surface area contributed by atoms with E-state index in [9.17, 15) is 4.79 Å². The smallest absolute Gasteiger partial charge is 0.250 e. The van der Waals surface area contributed by atoms with Gasteiger partial charge in [0, 0.05) is 19.3 Å². The van der Waals surface area contributed by atoms with Crippen molar-refractivity contribution in [2.24, 2.45) is 7.05 Å². The molecular weight excluding hydrogens is 226 g/mol. The van der Waals surface area contributed by atoms with Crippen molar-refractivity contribution in [2.45, 2.75) is 13.5 Å². The number of rotatable bonds is 2. The van der Waals surface area contributed by atoms with Gasteiger partial charge in [-0.15, -0.1) is 0 Å². The summed E-state index contributed by atoms with van der Waals surface area (Å²) in [6, 6.07) is 5.06. The number of aryl methyl sites for hydroxylation is 2. The molecule has 0 amide bonds. The summed E-state index contributed by atoms with van der Waals surface area (Å²) in [5, 5.41) is 4.83. The Labute approximate surface area is 98.1 Å². The van der Waals surface area contributed by atoms with Crippen molar-refractivity contribution in [3.05, 3.63) is 51.2 Å². The van der Waals surface area contributed by atoms with Crippen LogP contribution in [0.25, 0.3) is 0 Å². The summed E-state index contributed by atoms with van der Waals surface area (Å²) >= 11 is 6.12. The Kier molecular flexibility index (Phi) is 2.83. The molecule has 0 saturated carbocycles. The Morgan fingerprint density at radius 1 is 1.44 bits per heavy atom. The first-order valence-corrected chi connectivity index (χ1v) is 5.31. The standard InChI is InChI=1S/C11H12ClN3O/c1-8-11(12)9(14(2)13-8)7-15-6-4-3-5-10(15)16/h3-6H,7H2,1-2H3. The predicted molar refractivity (Wildman–Crippen MR) is 62.8 cm³/mol. The Morgan fingerprint density at radius 2 is 2.19 bits per heavy atom. The van der Waals surface area contributed by atoms with Crippen molar-refractivity contribution < 1.29 is 0 Å². The van der Waals surface area contributed by atoms with Crippen LogP contribution >= 0.6 is 11.6 Å². The van der Waals surface area contributed by atoms with Crippen LogP contribution < -0.4 is 5.56 Å². The van der Waals surface area contributed by atoms with E-state index in [1.165, 1.54) is 6.07 Å². The number of hydrogen-bond donors (Lipinski definition) is 0. The van der Waals surface area contributed by atoms with E-state index in [-0.39, 0.29) is 5.56 Å². The summed E-state index contributed by atoms with van der Waals surface area (Å²) < 4.78 is 3.30. The topological polar surface area (TPSA) is 39.8 Å². The molecule has 0 bridgehead atoms. The average molecular weight is 238 g/mol. The van der Waals surface area contributed by atoms with Crippen LogP contribution in [0.1, 0.15) is 11.4 Å². The highest BCUT2D eigenvalue weighted by Gasteiger charge is 2.11. The zero-order chi connectivity index (χ0) is 11.7. The van der Waals surface area contributed by atoms with E-state index in [1.54, 1.807) is 21.5 Å². The Balaban J connectivity index is 2.42. The highest BCUT2D eigenvalue weighted by atomic mass is 35.5. The maximum atomic E-state index is 11.5. The van der Waals surface area contributed by atoms with E-state index in [0.717, 1.165) is 11.4 Å². The number of hydrogen-bond acceptors (Lipinski definition) is 2. The fourth-order valence-corrected chi connectivity index (χ4v) is 1.82. The third-order valence-corrected chi connectivity index (χ3v) is 2.97. The van der Waals surface area contributed by atoms with Gasteiger partial charge in [0.1, 0.15) is 0 Å². The molecule has 0 spiro atoms. The lowest BCUT2D eigenvalue weighted by molar-refractivity contribution is 0.651. The molecule has 0 aliphatic rings. The van der Waals surface area contributed by atoms with Gasteiger partial charge in [-0.1, -0.05) is 17.7 Å². The summed E-state index contributed by atoms with van der Waals surface area (Å²) in [7, 11) is 1.82. The first-order valence-electron chi connectivity index (χ1n) is 4.93. The molecule has 0 unspecified atom stereocenters. The molecule has 16 heavy (non-hydrogen) atoms. The van der Waals surface area contributed by atoms with Gasteiger partial charge in [-0.05, 0) is 13.0 Å². The minimum Gasteiger partial charge on any atom is -0.309 e. The highest BCUT2D eigenvalue weighted by molar-refractivity contribution is 6.31. The highest BCUT2D eigenvalue weighted by Crippen LogP contribution is 2.19. The van der Waals surface area contributed by atoms with E-state index < -0.39 is 0 Å². The summed E-state index contributed by atoms with van der Waals surface area (Å²) in [6.07, 6.45) is 1.74. The van der Waals surface area contributed by atoms with Crippen LogP contribution in [0, 0.1) is 6.92 Å². The van der Waals surface area contributed by atoms with Gasteiger partial charge in [0.25, 0.3) is 5.56 Å². The van der Waals surface area contributed by atoms with Crippen LogP contribution in [0.3, 0.4) is 0 Å². The third-order valence-electron chi connectivity index (χ3n) is 2.48. The van der Waals surface area contributed by atoms with Crippen molar-refractivity contribution in [1.29, 1.82) is 0 Å². The number of nitrogens with zero attached hydrogens (tertiary/aromatic N) is 3. The molecule has 2 heterocycles. The zero-order valence-corrected chi connectivity index (χ0v) is 9.90. The van der Waals surface area contributed by atoms with Crippen LogP contribution in [0.15, 0.2) is 29.2 Å². The number of halogens is 1. The molecule has 0 atom stereocenters. The number of pyridine rings is 1. The summed E-state index contributed by atoms with van der Waals surface area (Å²) in [6.45, 7) is 2.29. The van der Waals surface area contributed by atoms with Gasteiger partial charge in [-0.3, -0.25) is 9.48 Å². The van der Waals surface area contributed by atoms with Crippen LogP contribution in [-0.2, 0) is 13.6 Å². The van der Waals surface area contributed by atoms with Crippen LogP contribution in [0.5, 0.6) is 0 Å². The van der Waals surface area contributed by atoms with Crippen molar-refractivity contribution >= 4 is 11.6 Å².